The summed E-state index contributed by atoms with van der Waals surface area (Å²) in [5, 5.41) is 10.1. The molecule has 8 nitrogen and oxygen atoms in total. The first-order valence-electron chi connectivity index (χ1n) is 11.3. The molecule has 2 saturated heterocycles. The van der Waals surface area contributed by atoms with Crippen molar-refractivity contribution >= 4 is 23.4 Å². The van der Waals surface area contributed by atoms with Crippen LogP contribution in [0.2, 0.25) is 5.02 Å². The van der Waals surface area contributed by atoms with E-state index < -0.39 is 0 Å². The zero-order valence-corrected chi connectivity index (χ0v) is 18.8. The van der Waals surface area contributed by atoms with Crippen LogP contribution >= 0.6 is 11.6 Å². The first-order valence-corrected chi connectivity index (χ1v) is 11.7. The number of rotatable bonds is 3. The minimum Gasteiger partial charge on any atom is -0.354 e. The first-order chi connectivity index (χ1) is 15.6. The van der Waals surface area contributed by atoms with Gasteiger partial charge in [0.15, 0.2) is 5.82 Å². The number of benzene rings is 1. The fourth-order valence-corrected chi connectivity index (χ4v) is 5.74. The highest BCUT2D eigenvalue weighted by molar-refractivity contribution is 6.30. The Hall–Kier alpha value is -2.71. The predicted octanol–water partition coefficient (Wildman–Crippen LogP) is 2.82. The van der Waals surface area contributed by atoms with Crippen molar-refractivity contribution in [1.82, 2.24) is 29.6 Å². The molecule has 3 fully saturated rings. The van der Waals surface area contributed by atoms with Crippen LogP contribution in [0, 0.1) is 12.3 Å². The van der Waals surface area contributed by atoms with E-state index in [1.54, 1.807) is 6.20 Å². The topological polar surface area (TPSA) is 66.2 Å². The van der Waals surface area contributed by atoms with Crippen molar-refractivity contribution in [3.8, 4) is 5.69 Å². The molecule has 1 aliphatic carbocycles. The van der Waals surface area contributed by atoms with Gasteiger partial charge in [0.2, 0.25) is 5.95 Å². The molecule has 1 saturated carbocycles. The van der Waals surface area contributed by atoms with E-state index in [0.717, 1.165) is 67.6 Å². The summed E-state index contributed by atoms with van der Waals surface area (Å²) in [5.41, 5.74) is 3.70. The lowest BCUT2D eigenvalue weighted by molar-refractivity contribution is 0.153. The number of hydrogen-bond donors (Lipinski definition) is 0. The van der Waals surface area contributed by atoms with Gasteiger partial charge in [0.25, 0.3) is 0 Å². The highest BCUT2D eigenvalue weighted by Gasteiger charge is 2.53. The van der Waals surface area contributed by atoms with Gasteiger partial charge < -0.3 is 9.80 Å². The third-order valence-electron chi connectivity index (χ3n) is 7.23. The molecule has 0 unspecified atom stereocenters. The number of aryl methyl sites for hydroxylation is 1. The number of anilines is 2. The second kappa shape index (κ2) is 6.65. The summed E-state index contributed by atoms with van der Waals surface area (Å²) in [6, 6.07) is 6.87. The van der Waals surface area contributed by atoms with Crippen molar-refractivity contribution < 1.29 is 0 Å². The fraction of sp³-hybridized carbons (Fsp3) is 0.478. The van der Waals surface area contributed by atoms with E-state index in [2.05, 4.69) is 51.6 Å². The number of hydrogen-bond acceptors (Lipinski definition) is 7. The average Bonchev–Trinajstić information content (AvgIpc) is 3.50. The maximum atomic E-state index is 6.37. The first kappa shape index (κ1) is 18.8. The van der Waals surface area contributed by atoms with Gasteiger partial charge in [-0.25, -0.2) is 4.98 Å². The van der Waals surface area contributed by atoms with E-state index in [1.165, 1.54) is 24.1 Å². The molecule has 9 heteroatoms. The summed E-state index contributed by atoms with van der Waals surface area (Å²) in [5.74, 6) is 2.97. The third-order valence-corrected chi connectivity index (χ3v) is 7.47. The molecule has 2 aromatic heterocycles. The van der Waals surface area contributed by atoms with Gasteiger partial charge in [-0.05, 0) is 43.5 Å². The number of fused-ring (bicyclic) bond motifs is 3. The largest absolute Gasteiger partial charge is 0.354 e. The molecular formula is C23H25ClN8. The lowest BCUT2D eigenvalue weighted by atomic mass is 9.73. The highest BCUT2D eigenvalue weighted by atomic mass is 35.5. The molecule has 32 heavy (non-hydrogen) atoms. The van der Waals surface area contributed by atoms with E-state index >= 15 is 0 Å². The van der Waals surface area contributed by atoms with Crippen molar-refractivity contribution in [1.29, 1.82) is 0 Å². The zero-order chi connectivity index (χ0) is 21.4. The van der Waals surface area contributed by atoms with E-state index in [9.17, 15) is 0 Å². The molecule has 5 heterocycles. The number of halogens is 1. The van der Waals surface area contributed by atoms with Crippen LogP contribution < -0.4 is 9.80 Å². The van der Waals surface area contributed by atoms with Crippen LogP contribution in [-0.4, -0.2) is 61.9 Å². The lowest BCUT2D eigenvalue weighted by Crippen LogP contribution is -2.73. The molecule has 1 aromatic carbocycles. The molecule has 164 valence electrons. The SMILES string of the molecule is Cc1cncc(N2CC3(C2)CN(c2nnc4n2-c2ccc(Cl)cc2CN(C2CC2)C4)C3)n1. The van der Waals surface area contributed by atoms with E-state index in [4.69, 9.17) is 11.6 Å². The van der Waals surface area contributed by atoms with Gasteiger partial charge in [-0.3, -0.25) is 14.5 Å². The maximum absolute atomic E-state index is 6.37. The summed E-state index contributed by atoms with van der Waals surface area (Å²) >= 11 is 6.37. The molecule has 1 spiro atoms. The summed E-state index contributed by atoms with van der Waals surface area (Å²) in [6.07, 6.45) is 6.21. The highest BCUT2D eigenvalue weighted by Crippen LogP contribution is 2.44. The van der Waals surface area contributed by atoms with Crippen molar-refractivity contribution in [2.75, 3.05) is 36.0 Å². The van der Waals surface area contributed by atoms with E-state index in [0.29, 0.717) is 11.5 Å². The van der Waals surface area contributed by atoms with Crippen LogP contribution in [0.25, 0.3) is 5.69 Å². The van der Waals surface area contributed by atoms with Crippen LogP contribution in [0.1, 0.15) is 29.9 Å². The monoisotopic (exact) mass is 448 g/mol. The Morgan fingerprint density at radius 2 is 1.81 bits per heavy atom. The van der Waals surface area contributed by atoms with Crippen LogP contribution in [0.5, 0.6) is 0 Å². The molecule has 0 N–H and O–H groups in total. The third kappa shape index (κ3) is 2.93. The molecule has 0 atom stereocenters. The minimum absolute atomic E-state index is 0.311. The van der Waals surface area contributed by atoms with Crippen molar-refractivity contribution in [2.45, 2.75) is 38.9 Å². The van der Waals surface area contributed by atoms with Crippen LogP contribution in [0.15, 0.2) is 30.6 Å². The second-order valence-electron chi connectivity index (χ2n) is 9.89. The minimum atomic E-state index is 0.311. The smallest absolute Gasteiger partial charge is 0.231 e. The molecule has 7 rings (SSSR count). The van der Waals surface area contributed by atoms with Gasteiger partial charge in [-0.1, -0.05) is 11.6 Å². The Kier molecular flexibility index (Phi) is 3.91. The normalized spacial score (nSPS) is 21.6. The Balaban J connectivity index is 1.15. The summed E-state index contributed by atoms with van der Waals surface area (Å²) < 4.78 is 2.27. The predicted molar refractivity (Wildman–Crippen MR) is 122 cm³/mol. The van der Waals surface area contributed by atoms with Crippen LogP contribution in [0.3, 0.4) is 0 Å². The fourth-order valence-electron chi connectivity index (χ4n) is 5.55. The van der Waals surface area contributed by atoms with E-state index in [1.807, 2.05) is 19.2 Å². The van der Waals surface area contributed by atoms with Crippen LogP contribution in [-0.2, 0) is 13.1 Å². The molecule has 0 amide bonds. The Bertz CT molecular complexity index is 1200. The summed E-state index contributed by atoms with van der Waals surface area (Å²) in [7, 11) is 0. The molecular weight excluding hydrogens is 424 g/mol. The zero-order valence-electron chi connectivity index (χ0n) is 18.1. The standard InChI is InChI=1S/C23H25ClN8/c1-15-7-25-8-20(26-15)30-11-23(12-30)13-31(14-23)22-28-27-21-10-29(18-3-4-18)9-16-6-17(24)2-5-19(16)32(21)22/h2,5-8,18H,3-4,9-14H2,1H3. The lowest BCUT2D eigenvalue weighted by Gasteiger charge is -2.60. The van der Waals surface area contributed by atoms with Crippen molar-refractivity contribution in [3.63, 3.8) is 0 Å². The second-order valence-corrected chi connectivity index (χ2v) is 10.3. The molecule has 0 bridgehead atoms. The van der Waals surface area contributed by atoms with Gasteiger partial charge in [0.05, 0.1) is 24.1 Å². The van der Waals surface area contributed by atoms with Crippen molar-refractivity contribution in [2.24, 2.45) is 5.41 Å². The maximum Gasteiger partial charge on any atom is 0.231 e. The van der Waals surface area contributed by atoms with Gasteiger partial charge in [0, 0.05) is 55.4 Å². The number of aromatic nitrogens is 5. The Morgan fingerprint density at radius 1 is 1.00 bits per heavy atom. The molecule has 0 radical (unpaired) electrons. The van der Waals surface area contributed by atoms with Crippen LogP contribution in [0.4, 0.5) is 11.8 Å². The number of nitrogens with zero attached hydrogens (tertiary/aromatic N) is 8. The summed E-state index contributed by atoms with van der Waals surface area (Å²) in [4.78, 5) is 16.1. The molecule has 4 aliphatic rings. The Morgan fingerprint density at radius 3 is 2.59 bits per heavy atom. The average molecular weight is 449 g/mol. The molecule has 3 aromatic rings. The summed E-state index contributed by atoms with van der Waals surface area (Å²) in [6.45, 7) is 7.77. The molecule has 3 aliphatic heterocycles. The van der Waals surface area contributed by atoms with Gasteiger partial charge in [-0.2, -0.15) is 0 Å². The van der Waals surface area contributed by atoms with Gasteiger partial charge >= 0.3 is 0 Å². The van der Waals surface area contributed by atoms with Gasteiger partial charge in [-0.15, -0.1) is 10.2 Å². The van der Waals surface area contributed by atoms with Gasteiger partial charge in [0.1, 0.15) is 5.82 Å². The quantitative estimate of drug-likeness (QED) is 0.610. The Labute approximate surface area is 191 Å². The van der Waals surface area contributed by atoms with E-state index in [-0.39, 0.29) is 0 Å². The van der Waals surface area contributed by atoms with Crippen molar-refractivity contribution in [3.05, 3.63) is 52.7 Å².